The standard InChI is InChI=1S/C14H18N2O3/c1-4-14(12(17)15-13(18)16-14)10-5-7-11(8-6-10)19-9(2)3/h5-9H,4H2,1-3H3,(H2,15,16,17,18). The predicted octanol–water partition coefficient (Wildman–Crippen LogP) is 1.92. The van der Waals surface area contributed by atoms with E-state index < -0.39 is 11.6 Å². The van der Waals surface area contributed by atoms with Crippen molar-refractivity contribution in [3.05, 3.63) is 29.8 Å². The Labute approximate surface area is 112 Å². The highest BCUT2D eigenvalue weighted by molar-refractivity contribution is 6.07. The minimum absolute atomic E-state index is 0.0977. The Hall–Kier alpha value is -2.04. The van der Waals surface area contributed by atoms with Gasteiger partial charge in [0.2, 0.25) is 0 Å². The summed E-state index contributed by atoms with van der Waals surface area (Å²) >= 11 is 0. The fourth-order valence-corrected chi connectivity index (χ4v) is 2.24. The molecule has 1 aromatic rings. The van der Waals surface area contributed by atoms with Crippen molar-refractivity contribution in [3.63, 3.8) is 0 Å². The van der Waals surface area contributed by atoms with E-state index >= 15 is 0 Å². The molecule has 19 heavy (non-hydrogen) atoms. The molecule has 2 N–H and O–H groups in total. The van der Waals surface area contributed by atoms with Gasteiger partial charge >= 0.3 is 6.03 Å². The van der Waals surface area contributed by atoms with E-state index in [0.29, 0.717) is 6.42 Å². The molecule has 1 aliphatic heterocycles. The van der Waals surface area contributed by atoms with Crippen LogP contribution in [0.4, 0.5) is 4.79 Å². The van der Waals surface area contributed by atoms with Crippen LogP contribution < -0.4 is 15.4 Å². The lowest BCUT2D eigenvalue weighted by Crippen LogP contribution is -2.43. The highest BCUT2D eigenvalue weighted by Crippen LogP contribution is 2.29. The van der Waals surface area contributed by atoms with Gasteiger partial charge in [0.1, 0.15) is 11.3 Å². The van der Waals surface area contributed by atoms with Gasteiger partial charge in [0.15, 0.2) is 0 Å². The molecule has 0 spiro atoms. The summed E-state index contributed by atoms with van der Waals surface area (Å²) in [5.74, 6) is 0.437. The van der Waals surface area contributed by atoms with Gasteiger partial charge in [0.05, 0.1) is 6.10 Å². The predicted molar refractivity (Wildman–Crippen MR) is 70.8 cm³/mol. The largest absolute Gasteiger partial charge is 0.491 e. The third-order valence-electron chi connectivity index (χ3n) is 3.19. The summed E-state index contributed by atoms with van der Waals surface area (Å²) in [5, 5.41) is 4.99. The molecular formula is C14H18N2O3. The van der Waals surface area contributed by atoms with Gasteiger partial charge in [-0.1, -0.05) is 19.1 Å². The van der Waals surface area contributed by atoms with Gasteiger partial charge in [-0.2, -0.15) is 0 Å². The van der Waals surface area contributed by atoms with Crippen LogP contribution >= 0.6 is 0 Å². The van der Waals surface area contributed by atoms with E-state index in [2.05, 4.69) is 10.6 Å². The molecule has 2 rings (SSSR count). The summed E-state index contributed by atoms with van der Waals surface area (Å²) < 4.78 is 5.56. The molecule has 3 amide bonds. The zero-order chi connectivity index (χ0) is 14.0. The van der Waals surface area contributed by atoms with Crippen molar-refractivity contribution in [2.45, 2.75) is 38.8 Å². The summed E-state index contributed by atoms with van der Waals surface area (Å²) in [7, 11) is 0. The van der Waals surface area contributed by atoms with Gasteiger partial charge < -0.3 is 10.1 Å². The van der Waals surface area contributed by atoms with Crippen molar-refractivity contribution >= 4 is 11.9 Å². The van der Waals surface area contributed by atoms with E-state index in [1.54, 1.807) is 0 Å². The lowest BCUT2D eigenvalue weighted by atomic mass is 9.87. The molecule has 1 heterocycles. The van der Waals surface area contributed by atoms with Gasteiger partial charge in [0.25, 0.3) is 5.91 Å². The Bertz CT molecular complexity index is 496. The van der Waals surface area contributed by atoms with Crippen molar-refractivity contribution in [1.82, 2.24) is 10.6 Å². The first-order valence-corrected chi connectivity index (χ1v) is 6.38. The summed E-state index contributed by atoms with van der Waals surface area (Å²) in [6.45, 7) is 5.77. The van der Waals surface area contributed by atoms with Crippen LogP contribution in [0.2, 0.25) is 0 Å². The van der Waals surface area contributed by atoms with Crippen molar-refractivity contribution in [2.75, 3.05) is 0 Å². The number of rotatable bonds is 4. The van der Waals surface area contributed by atoms with E-state index in [-0.39, 0.29) is 12.0 Å². The van der Waals surface area contributed by atoms with Crippen LogP contribution in [0.25, 0.3) is 0 Å². The maximum absolute atomic E-state index is 12.0. The SMILES string of the molecule is CCC1(c2ccc(OC(C)C)cc2)NC(=O)NC1=O. The third kappa shape index (κ3) is 2.41. The molecule has 0 saturated carbocycles. The van der Waals surface area contributed by atoms with Crippen molar-refractivity contribution in [1.29, 1.82) is 0 Å². The molecule has 5 heteroatoms. The van der Waals surface area contributed by atoms with E-state index in [9.17, 15) is 9.59 Å². The second-order valence-electron chi connectivity index (χ2n) is 4.86. The minimum atomic E-state index is -0.965. The zero-order valence-corrected chi connectivity index (χ0v) is 11.3. The van der Waals surface area contributed by atoms with Crippen LogP contribution in [0.1, 0.15) is 32.8 Å². The normalized spacial score (nSPS) is 22.3. The van der Waals surface area contributed by atoms with E-state index in [1.807, 2.05) is 45.0 Å². The Kier molecular flexibility index (Phi) is 3.46. The second kappa shape index (κ2) is 4.91. The zero-order valence-electron chi connectivity index (χ0n) is 11.3. The number of carbonyl (C=O) groups is 2. The molecule has 1 fully saturated rings. The smallest absolute Gasteiger partial charge is 0.322 e. The number of ether oxygens (including phenoxy) is 1. The van der Waals surface area contributed by atoms with Crippen LogP contribution in [0, 0.1) is 0 Å². The average Bonchev–Trinajstić information content (AvgIpc) is 2.65. The molecule has 5 nitrogen and oxygen atoms in total. The summed E-state index contributed by atoms with van der Waals surface area (Å²) in [6, 6.07) is 6.79. The maximum Gasteiger partial charge on any atom is 0.322 e. The Morgan fingerprint density at radius 2 is 1.84 bits per heavy atom. The van der Waals surface area contributed by atoms with E-state index in [4.69, 9.17) is 4.74 Å². The molecule has 0 radical (unpaired) electrons. The molecule has 102 valence electrons. The van der Waals surface area contributed by atoms with Gasteiger partial charge in [-0.05, 0) is 38.0 Å². The fourth-order valence-electron chi connectivity index (χ4n) is 2.24. The molecule has 0 aliphatic carbocycles. The van der Waals surface area contributed by atoms with Crippen LogP contribution in [0.5, 0.6) is 5.75 Å². The summed E-state index contributed by atoms with van der Waals surface area (Å²) in [5.41, 5.74) is -0.206. The third-order valence-corrected chi connectivity index (χ3v) is 3.19. The highest BCUT2D eigenvalue weighted by atomic mass is 16.5. The molecule has 0 aromatic heterocycles. The highest BCUT2D eigenvalue weighted by Gasteiger charge is 2.46. The van der Waals surface area contributed by atoms with Crippen molar-refractivity contribution in [2.24, 2.45) is 0 Å². The van der Waals surface area contributed by atoms with E-state index in [0.717, 1.165) is 11.3 Å². The van der Waals surface area contributed by atoms with Crippen LogP contribution in [-0.2, 0) is 10.3 Å². The first kappa shape index (κ1) is 13.4. The molecular weight excluding hydrogens is 244 g/mol. The number of hydrogen-bond donors (Lipinski definition) is 2. The number of imide groups is 1. The monoisotopic (exact) mass is 262 g/mol. The Morgan fingerprint density at radius 1 is 1.21 bits per heavy atom. The average molecular weight is 262 g/mol. The Balaban J connectivity index is 2.30. The van der Waals surface area contributed by atoms with Gasteiger partial charge in [-0.25, -0.2) is 4.79 Å². The second-order valence-corrected chi connectivity index (χ2v) is 4.86. The molecule has 0 bridgehead atoms. The lowest BCUT2D eigenvalue weighted by Gasteiger charge is -2.25. The fraction of sp³-hybridized carbons (Fsp3) is 0.429. The van der Waals surface area contributed by atoms with Crippen molar-refractivity contribution in [3.8, 4) is 5.75 Å². The summed E-state index contributed by atoms with van der Waals surface area (Å²) in [6.07, 6.45) is 0.593. The number of benzene rings is 1. The van der Waals surface area contributed by atoms with Gasteiger partial charge in [-0.15, -0.1) is 0 Å². The van der Waals surface area contributed by atoms with Crippen molar-refractivity contribution < 1.29 is 14.3 Å². The molecule has 1 unspecified atom stereocenters. The van der Waals surface area contributed by atoms with Crippen LogP contribution in [-0.4, -0.2) is 18.0 Å². The number of urea groups is 1. The van der Waals surface area contributed by atoms with Gasteiger partial charge in [-0.3, -0.25) is 10.1 Å². The molecule has 1 aliphatic rings. The first-order valence-electron chi connectivity index (χ1n) is 6.38. The maximum atomic E-state index is 12.0. The molecule has 1 aromatic carbocycles. The number of amides is 3. The van der Waals surface area contributed by atoms with Crippen LogP contribution in [0.3, 0.4) is 0 Å². The summed E-state index contributed by atoms with van der Waals surface area (Å²) in [4.78, 5) is 23.3. The first-order chi connectivity index (χ1) is 8.98. The topological polar surface area (TPSA) is 67.4 Å². The quantitative estimate of drug-likeness (QED) is 0.815. The Morgan fingerprint density at radius 3 is 2.26 bits per heavy atom. The number of nitrogens with one attached hydrogen (secondary N) is 2. The molecule has 1 saturated heterocycles. The number of carbonyl (C=O) groups excluding carboxylic acids is 2. The number of hydrogen-bond acceptors (Lipinski definition) is 3. The van der Waals surface area contributed by atoms with Crippen LogP contribution in [0.15, 0.2) is 24.3 Å². The minimum Gasteiger partial charge on any atom is -0.491 e. The molecule has 1 atom stereocenters. The van der Waals surface area contributed by atoms with E-state index in [1.165, 1.54) is 0 Å². The van der Waals surface area contributed by atoms with Gasteiger partial charge in [0, 0.05) is 0 Å². The lowest BCUT2D eigenvalue weighted by molar-refractivity contribution is -0.124.